The molecule has 150 valence electrons. The lowest BCUT2D eigenvalue weighted by atomic mass is 9.89. The molecule has 2 atom stereocenters. The van der Waals surface area contributed by atoms with Crippen LogP contribution in [-0.2, 0) is 0 Å². The van der Waals surface area contributed by atoms with Crippen LogP contribution in [0.5, 0.6) is 11.5 Å². The number of carbonyl (C=O) groups is 2. The van der Waals surface area contributed by atoms with Crippen molar-refractivity contribution < 1.29 is 19.1 Å². The predicted octanol–water partition coefficient (Wildman–Crippen LogP) is 6.12. The maximum absolute atomic E-state index is 12.8. The molecule has 3 aliphatic heterocycles. The largest absolute Gasteiger partial charge is 0.415 e. The molecule has 0 aliphatic carbocycles. The highest BCUT2D eigenvalue weighted by molar-refractivity contribution is 6.36. The van der Waals surface area contributed by atoms with Crippen molar-refractivity contribution in [2.45, 2.75) is 18.5 Å². The quantitative estimate of drug-likeness (QED) is 0.462. The SMILES string of the molecule is O=C1Oc2c(Cl)cc(Cl)cc2[C@@H]2[C@@H]3c4cc(Cl)cc(Cl)c4OC(=O)N3CCCN12. The Bertz CT molecular complexity index is 993. The van der Waals surface area contributed by atoms with Crippen molar-refractivity contribution in [2.24, 2.45) is 0 Å². The van der Waals surface area contributed by atoms with Gasteiger partial charge in [-0.25, -0.2) is 9.59 Å². The summed E-state index contributed by atoms with van der Waals surface area (Å²) in [6.07, 6.45) is -0.533. The molecule has 2 amide bonds. The van der Waals surface area contributed by atoms with Crippen molar-refractivity contribution in [1.82, 2.24) is 9.80 Å². The second-order valence-corrected chi connectivity index (χ2v) is 8.67. The van der Waals surface area contributed by atoms with Crippen LogP contribution in [0.2, 0.25) is 20.1 Å². The monoisotopic (exact) mass is 472 g/mol. The Labute approximate surface area is 185 Å². The summed E-state index contributed by atoms with van der Waals surface area (Å²) >= 11 is 25.1. The van der Waals surface area contributed by atoms with Crippen molar-refractivity contribution in [3.63, 3.8) is 0 Å². The first-order chi connectivity index (χ1) is 13.8. The average molecular weight is 474 g/mol. The molecule has 10 heteroatoms. The molecule has 1 saturated heterocycles. The molecule has 0 radical (unpaired) electrons. The molecule has 0 unspecified atom stereocenters. The lowest BCUT2D eigenvalue weighted by Crippen LogP contribution is -2.48. The van der Waals surface area contributed by atoms with E-state index in [4.69, 9.17) is 55.9 Å². The molecule has 0 N–H and O–H groups in total. The number of hydrogen-bond acceptors (Lipinski definition) is 4. The van der Waals surface area contributed by atoms with Gasteiger partial charge in [0.1, 0.15) is 0 Å². The number of hydrogen-bond donors (Lipinski definition) is 0. The molecule has 2 aromatic carbocycles. The van der Waals surface area contributed by atoms with Gasteiger partial charge >= 0.3 is 12.2 Å². The van der Waals surface area contributed by atoms with Gasteiger partial charge in [0.2, 0.25) is 0 Å². The van der Waals surface area contributed by atoms with Crippen LogP contribution in [0.3, 0.4) is 0 Å². The predicted molar refractivity (Wildman–Crippen MR) is 108 cm³/mol. The zero-order valence-corrected chi connectivity index (χ0v) is 17.6. The standard InChI is InChI=1S/C19H12Cl4N2O4/c20-8-4-10-14-15-11-5-9(21)7-13(23)17(11)29-19(27)25(15)3-1-2-24(14)18(26)28-16(10)12(22)6-8/h4-7,14-15H,1-3H2/t14-,15+. The maximum Gasteiger partial charge on any atom is 0.415 e. The number of benzene rings is 2. The van der Waals surface area contributed by atoms with Gasteiger partial charge in [0.15, 0.2) is 11.5 Å². The van der Waals surface area contributed by atoms with Crippen LogP contribution in [0, 0.1) is 0 Å². The highest BCUT2D eigenvalue weighted by atomic mass is 35.5. The summed E-state index contributed by atoms with van der Waals surface area (Å²) < 4.78 is 11.0. The van der Waals surface area contributed by atoms with E-state index in [0.29, 0.717) is 40.7 Å². The number of halogens is 4. The first-order valence-electron chi connectivity index (χ1n) is 8.80. The second-order valence-electron chi connectivity index (χ2n) is 6.98. The van der Waals surface area contributed by atoms with E-state index in [1.165, 1.54) is 12.1 Å². The number of fused-ring (bicyclic) bond motifs is 7. The van der Waals surface area contributed by atoms with Crippen molar-refractivity contribution in [1.29, 1.82) is 0 Å². The Morgan fingerprint density at radius 2 is 1.14 bits per heavy atom. The Morgan fingerprint density at radius 3 is 1.55 bits per heavy atom. The molecule has 0 spiro atoms. The van der Waals surface area contributed by atoms with Crippen LogP contribution in [-0.4, -0.2) is 35.1 Å². The van der Waals surface area contributed by atoms with E-state index >= 15 is 0 Å². The van der Waals surface area contributed by atoms with Crippen LogP contribution in [0.25, 0.3) is 0 Å². The van der Waals surface area contributed by atoms with E-state index in [9.17, 15) is 9.59 Å². The van der Waals surface area contributed by atoms with Crippen LogP contribution in [0.15, 0.2) is 24.3 Å². The first kappa shape index (κ1) is 19.1. The van der Waals surface area contributed by atoms with E-state index in [1.807, 2.05) is 0 Å². The van der Waals surface area contributed by atoms with Crippen molar-refractivity contribution in [3.8, 4) is 11.5 Å². The van der Waals surface area contributed by atoms with Gasteiger partial charge < -0.3 is 9.47 Å². The summed E-state index contributed by atoms with van der Waals surface area (Å²) in [5, 5.41) is 1.23. The molecule has 2 aromatic rings. The fourth-order valence-corrected chi connectivity index (χ4v) is 5.32. The summed E-state index contributed by atoms with van der Waals surface area (Å²) in [5.41, 5.74) is 1.21. The molecule has 5 rings (SSSR count). The molecular formula is C19H12Cl4N2O4. The Hall–Kier alpha value is -1.86. The van der Waals surface area contributed by atoms with Gasteiger partial charge in [-0.3, -0.25) is 9.80 Å². The lowest BCUT2D eigenvalue weighted by molar-refractivity contribution is 0.0707. The summed E-state index contributed by atoms with van der Waals surface area (Å²) in [6.45, 7) is 0.772. The second kappa shape index (κ2) is 6.84. The van der Waals surface area contributed by atoms with Gasteiger partial charge in [0.05, 0.1) is 22.1 Å². The summed E-state index contributed by atoms with van der Waals surface area (Å²) in [7, 11) is 0. The Morgan fingerprint density at radius 1 is 0.724 bits per heavy atom. The number of amides is 2. The van der Waals surface area contributed by atoms with E-state index < -0.39 is 24.3 Å². The molecule has 29 heavy (non-hydrogen) atoms. The van der Waals surface area contributed by atoms with Crippen molar-refractivity contribution in [2.75, 3.05) is 13.1 Å². The fraction of sp³-hybridized carbons (Fsp3) is 0.263. The van der Waals surface area contributed by atoms with E-state index in [1.54, 1.807) is 21.9 Å². The third kappa shape index (κ3) is 2.93. The van der Waals surface area contributed by atoms with Crippen LogP contribution >= 0.6 is 46.4 Å². The highest BCUT2D eigenvalue weighted by Crippen LogP contribution is 2.53. The van der Waals surface area contributed by atoms with Gasteiger partial charge in [0, 0.05) is 34.3 Å². The van der Waals surface area contributed by atoms with E-state index in [0.717, 1.165) is 0 Å². The molecule has 1 fully saturated rings. The van der Waals surface area contributed by atoms with Crippen LogP contribution in [0.4, 0.5) is 9.59 Å². The lowest BCUT2D eigenvalue weighted by Gasteiger charge is -2.44. The zero-order valence-electron chi connectivity index (χ0n) is 14.6. The van der Waals surface area contributed by atoms with E-state index in [2.05, 4.69) is 0 Å². The number of rotatable bonds is 0. The minimum absolute atomic E-state index is 0.221. The Balaban J connectivity index is 1.79. The molecular weight excluding hydrogens is 462 g/mol. The van der Waals surface area contributed by atoms with E-state index in [-0.39, 0.29) is 21.5 Å². The normalized spacial score (nSPS) is 22.6. The van der Waals surface area contributed by atoms with Crippen molar-refractivity contribution >= 4 is 58.6 Å². The molecule has 0 saturated carbocycles. The fourth-order valence-electron chi connectivity index (χ4n) is 4.22. The Kier molecular flexibility index (Phi) is 4.51. The smallest absolute Gasteiger partial charge is 0.408 e. The van der Waals surface area contributed by atoms with Crippen LogP contribution < -0.4 is 9.47 Å². The van der Waals surface area contributed by atoms with Crippen molar-refractivity contribution in [3.05, 3.63) is 55.5 Å². The highest BCUT2D eigenvalue weighted by Gasteiger charge is 2.49. The topological polar surface area (TPSA) is 59.1 Å². The number of ether oxygens (including phenoxy) is 2. The molecule has 3 heterocycles. The molecule has 0 bridgehead atoms. The molecule has 6 nitrogen and oxygen atoms in total. The third-order valence-corrected chi connectivity index (χ3v) is 6.33. The summed E-state index contributed by atoms with van der Waals surface area (Å²) in [5.74, 6) is 0.468. The van der Waals surface area contributed by atoms with Gasteiger partial charge in [-0.15, -0.1) is 0 Å². The number of nitrogens with zero attached hydrogens (tertiary/aromatic N) is 2. The zero-order chi connectivity index (χ0) is 20.4. The maximum atomic E-state index is 12.8. The van der Waals surface area contributed by atoms with Crippen LogP contribution in [0.1, 0.15) is 29.6 Å². The molecule has 0 aromatic heterocycles. The summed E-state index contributed by atoms with van der Waals surface area (Å²) in [4.78, 5) is 28.8. The summed E-state index contributed by atoms with van der Waals surface area (Å²) in [6, 6.07) is 5.23. The molecule has 3 aliphatic rings. The van der Waals surface area contributed by atoms with Gasteiger partial charge in [-0.05, 0) is 30.7 Å². The third-order valence-electron chi connectivity index (χ3n) is 5.33. The minimum atomic E-state index is -0.592. The average Bonchev–Trinajstić information content (AvgIpc) is 2.85. The first-order valence-corrected chi connectivity index (χ1v) is 10.3. The van der Waals surface area contributed by atoms with Gasteiger partial charge in [-0.1, -0.05) is 46.4 Å². The van der Waals surface area contributed by atoms with Gasteiger partial charge in [-0.2, -0.15) is 0 Å². The van der Waals surface area contributed by atoms with Gasteiger partial charge in [0.25, 0.3) is 0 Å². The minimum Gasteiger partial charge on any atom is -0.408 e. The number of carbonyl (C=O) groups excluding carboxylic acids is 2.